The van der Waals surface area contributed by atoms with E-state index in [9.17, 15) is 14.4 Å². The SMILES string of the molecule is COc1ccc(COC(=O)C2=C(Sc3ccccc3CSC(N)=[NH2+])CS[C@@H]3[C@H](NC(=O)CSCCN=C(N)N)C(=O)N23)cc1.[Cl-]. The van der Waals surface area contributed by atoms with Gasteiger partial charge in [-0.05, 0) is 41.1 Å². The minimum Gasteiger partial charge on any atom is -1.00 e. The normalized spacial score (nSPS) is 16.9. The number of carbonyl (C=O) groups excluding carboxylic acids is 3. The van der Waals surface area contributed by atoms with Crippen LogP contribution in [0.1, 0.15) is 11.1 Å². The molecule has 242 valence electrons. The summed E-state index contributed by atoms with van der Waals surface area (Å²) >= 11 is 5.56. The van der Waals surface area contributed by atoms with Crippen LogP contribution < -0.4 is 45.1 Å². The predicted octanol–water partition coefficient (Wildman–Crippen LogP) is -2.54. The highest BCUT2D eigenvalue weighted by Crippen LogP contribution is 2.46. The summed E-state index contributed by atoms with van der Waals surface area (Å²) in [6, 6.07) is 14.2. The van der Waals surface area contributed by atoms with Crippen LogP contribution in [0.2, 0.25) is 0 Å². The Kier molecular flexibility index (Phi) is 14.1. The van der Waals surface area contributed by atoms with Crippen molar-refractivity contribution in [2.75, 3.05) is 30.9 Å². The summed E-state index contributed by atoms with van der Waals surface area (Å²) in [5.41, 5.74) is 18.2. The number of thioether (sulfide) groups is 4. The molecule has 2 aliphatic heterocycles. The van der Waals surface area contributed by atoms with Gasteiger partial charge >= 0.3 is 5.97 Å². The molecule has 4 rings (SSSR count). The van der Waals surface area contributed by atoms with Crippen molar-refractivity contribution in [2.24, 2.45) is 22.2 Å². The van der Waals surface area contributed by atoms with Gasteiger partial charge in [0, 0.05) is 27.1 Å². The van der Waals surface area contributed by atoms with Crippen molar-refractivity contribution in [1.82, 2.24) is 10.2 Å². The number of hydrogen-bond donors (Lipinski definition) is 5. The molecular weight excluding hydrogens is 678 g/mol. The number of guanidine groups is 1. The third kappa shape index (κ3) is 9.90. The van der Waals surface area contributed by atoms with Gasteiger partial charge in [-0.3, -0.25) is 30.6 Å². The number of amides is 2. The average molecular weight is 712 g/mol. The van der Waals surface area contributed by atoms with E-state index in [1.165, 1.54) is 51.9 Å². The first-order valence-corrected chi connectivity index (χ1v) is 17.3. The van der Waals surface area contributed by atoms with Crippen LogP contribution >= 0.6 is 47.0 Å². The summed E-state index contributed by atoms with van der Waals surface area (Å²) in [6.45, 7) is 0.405. The fourth-order valence-electron chi connectivity index (χ4n) is 4.23. The number of methoxy groups -OCH3 is 1. The van der Waals surface area contributed by atoms with E-state index in [0.29, 0.717) is 34.5 Å². The Balaban J connectivity index is 0.00000552. The van der Waals surface area contributed by atoms with Crippen LogP contribution in [0, 0.1) is 0 Å². The number of rotatable bonds is 14. The Labute approximate surface area is 284 Å². The Morgan fingerprint density at radius 2 is 1.89 bits per heavy atom. The van der Waals surface area contributed by atoms with Crippen LogP contribution in [-0.2, 0) is 31.5 Å². The smallest absolute Gasteiger partial charge is 0.356 e. The van der Waals surface area contributed by atoms with Crippen molar-refractivity contribution in [1.29, 1.82) is 0 Å². The van der Waals surface area contributed by atoms with Crippen LogP contribution in [0.25, 0.3) is 0 Å². The lowest BCUT2D eigenvalue weighted by Gasteiger charge is -2.49. The molecule has 2 atom stereocenters. The standard InChI is InChI=1S/C28H33N7O5S4.ClH/c1-39-18-8-6-16(7-9-18)12-40-26(38)23-20(44-19-5-3-2-4-17(19)13-43-28(31)32)14-42-25-22(24(37)35(23)25)34-21(36)15-41-11-10-33-27(29)30;/h2-9,22,25H,10-15H2,1H3,(H3,31,32)(H,34,36)(H4,29,30,33);1H/t22-,25-;/m1./s1. The molecule has 2 aromatic carbocycles. The first kappa shape index (κ1) is 36.3. The van der Waals surface area contributed by atoms with E-state index in [2.05, 4.69) is 10.3 Å². The van der Waals surface area contributed by atoms with E-state index >= 15 is 0 Å². The second-order valence-electron chi connectivity index (χ2n) is 9.41. The lowest BCUT2D eigenvalue weighted by molar-refractivity contribution is -0.153. The highest BCUT2D eigenvalue weighted by Gasteiger charge is 2.54. The fourth-order valence-corrected chi connectivity index (χ4v) is 8.13. The minimum absolute atomic E-state index is 0. The predicted molar refractivity (Wildman–Crippen MR) is 178 cm³/mol. The zero-order valence-electron chi connectivity index (χ0n) is 24.3. The lowest BCUT2D eigenvalue weighted by Crippen LogP contribution is -3.00. The number of halogens is 1. The van der Waals surface area contributed by atoms with Crippen molar-refractivity contribution < 1.29 is 41.7 Å². The Morgan fingerprint density at radius 3 is 2.58 bits per heavy atom. The van der Waals surface area contributed by atoms with Crippen molar-refractivity contribution in [3.8, 4) is 5.75 Å². The molecule has 0 unspecified atom stereocenters. The van der Waals surface area contributed by atoms with Gasteiger partial charge < -0.3 is 38.7 Å². The lowest BCUT2D eigenvalue weighted by atomic mass is 10.1. The van der Waals surface area contributed by atoms with E-state index in [4.69, 9.17) is 32.1 Å². The highest BCUT2D eigenvalue weighted by molar-refractivity contribution is 8.12. The summed E-state index contributed by atoms with van der Waals surface area (Å²) in [7, 11) is 1.58. The first-order chi connectivity index (χ1) is 21.2. The highest BCUT2D eigenvalue weighted by atomic mass is 35.5. The van der Waals surface area contributed by atoms with Crippen molar-refractivity contribution >= 4 is 76.0 Å². The Hall–Kier alpha value is -3.18. The number of aliphatic imine (C=N–C) groups is 1. The molecule has 1 fully saturated rings. The molecule has 2 aliphatic rings. The number of carbonyl (C=O) groups is 3. The van der Waals surface area contributed by atoms with Gasteiger partial charge in [0.25, 0.3) is 11.1 Å². The van der Waals surface area contributed by atoms with Gasteiger partial charge in [0.2, 0.25) is 5.91 Å². The van der Waals surface area contributed by atoms with Crippen LogP contribution in [0.15, 0.2) is 69.0 Å². The Morgan fingerprint density at radius 1 is 1.16 bits per heavy atom. The van der Waals surface area contributed by atoms with Gasteiger partial charge in [-0.1, -0.05) is 42.1 Å². The van der Waals surface area contributed by atoms with E-state index in [1.807, 2.05) is 24.3 Å². The molecule has 0 aromatic heterocycles. The number of nitrogens with two attached hydrogens (primary N) is 4. The molecule has 45 heavy (non-hydrogen) atoms. The second kappa shape index (κ2) is 17.5. The molecule has 0 spiro atoms. The number of ether oxygens (including phenoxy) is 2. The maximum atomic E-state index is 13.6. The van der Waals surface area contributed by atoms with Crippen molar-refractivity contribution in [3.63, 3.8) is 0 Å². The van der Waals surface area contributed by atoms with Gasteiger partial charge in [-0.25, -0.2) is 4.79 Å². The number of nitrogens with one attached hydrogen (secondary N) is 1. The van der Waals surface area contributed by atoms with Crippen molar-refractivity contribution in [3.05, 3.63) is 70.3 Å². The van der Waals surface area contributed by atoms with Crippen LogP contribution in [0.4, 0.5) is 0 Å². The largest absolute Gasteiger partial charge is 1.00 e. The van der Waals surface area contributed by atoms with E-state index < -0.39 is 17.4 Å². The monoisotopic (exact) mass is 711 g/mol. The molecule has 0 bridgehead atoms. The average Bonchev–Trinajstić information content (AvgIpc) is 3.01. The molecule has 9 N–H and O–H groups in total. The van der Waals surface area contributed by atoms with Gasteiger partial charge in [-0.2, -0.15) is 11.8 Å². The summed E-state index contributed by atoms with van der Waals surface area (Å²) in [5.74, 6) is 1.10. The number of fused-ring (bicyclic) bond motifs is 1. The van der Waals surface area contributed by atoms with E-state index in [0.717, 1.165) is 16.0 Å². The molecule has 2 aromatic rings. The van der Waals surface area contributed by atoms with Crippen molar-refractivity contribution in [2.45, 2.75) is 28.7 Å². The fraction of sp³-hybridized carbons (Fsp3) is 0.321. The maximum Gasteiger partial charge on any atom is 0.356 e. The van der Waals surface area contributed by atoms with E-state index in [-0.39, 0.29) is 53.4 Å². The van der Waals surface area contributed by atoms with Gasteiger partial charge in [0.05, 0.1) is 19.4 Å². The molecule has 2 amide bonds. The van der Waals surface area contributed by atoms with Gasteiger partial charge in [0.15, 0.2) is 5.96 Å². The number of amidine groups is 1. The summed E-state index contributed by atoms with van der Waals surface area (Å²) < 4.78 is 10.9. The van der Waals surface area contributed by atoms with Crippen LogP contribution in [0.3, 0.4) is 0 Å². The third-order valence-corrected chi connectivity index (χ3v) is 10.7. The number of β-lactam (4-membered cyclic amide) rings is 1. The topological polar surface area (TPSA) is 201 Å². The first-order valence-electron chi connectivity index (χ1n) is 13.3. The number of hydrogen-bond acceptors (Lipinski definition) is 10. The third-order valence-electron chi connectivity index (χ3n) is 6.34. The number of benzene rings is 2. The summed E-state index contributed by atoms with van der Waals surface area (Å²) in [4.78, 5) is 46.6. The maximum absolute atomic E-state index is 13.6. The number of esters is 1. The van der Waals surface area contributed by atoms with Crippen LogP contribution in [0.5, 0.6) is 5.75 Å². The van der Waals surface area contributed by atoms with Gasteiger partial charge in [0.1, 0.15) is 29.5 Å². The molecule has 0 radical (unpaired) electrons. The molecule has 0 aliphatic carbocycles. The Bertz CT molecular complexity index is 1460. The second-order valence-corrected chi connectivity index (χ2v) is 13.8. The minimum atomic E-state index is -0.756. The molecule has 17 heteroatoms. The van der Waals surface area contributed by atoms with Crippen LogP contribution in [-0.4, -0.2) is 76.1 Å². The summed E-state index contributed by atoms with van der Waals surface area (Å²) in [5, 5.41) is 8.30. The zero-order valence-corrected chi connectivity index (χ0v) is 28.3. The molecule has 12 nitrogen and oxygen atoms in total. The summed E-state index contributed by atoms with van der Waals surface area (Å²) in [6.07, 6.45) is 0. The van der Waals surface area contributed by atoms with Gasteiger partial charge in [-0.15, -0.1) is 11.8 Å². The van der Waals surface area contributed by atoms with E-state index in [1.54, 1.807) is 31.4 Å². The molecule has 1 saturated heterocycles. The zero-order chi connectivity index (χ0) is 31.6. The molecular formula is C28H34ClN7O5S4. The molecule has 0 saturated carbocycles. The quantitative estimate of drug-likeness (QED) is 0.0453. The number of nitrogens with zero attached hydrogens (tertiary/aromatic N) is 2. The molecule has 2 heterocycles.